The van der Waals surface area contributed by atoms with E-state index in [1.165, 1.54) is 6.07 Å². The monoisotopic (exact) mass is 482 g/mol. The number of fused-ring (bicyclic) bond motifs is 1. The quantitative estimate of drug-likeness (QED) is 0.357. The number of methoxy groups -OCH3 is 1. The van der Waals surface area contributed by atoms with Crippen LogP contribution in [0, 0.1) is 12.7 Å². The number of H-pyrrole nitrogens is 1. The maximum atomic E-state index is 14.3. The van der Waals surface area contributed by atoms with Gasteiger partial charge in [0.25, 0.3) is 0 Å². The maximum Gasteiger partial charge on any atom is 0.142 e. The Hall–Kier alpha value is -2.90. The molecule has 0 amide bonds. The Morgan fingerprint density at radius 3 is 2.74 bits per heavy atom. The summed E-state index contributed by atoms with van der Waals surface area (Å²) in [5, 5.41) is 15.5. The third kappa shape index (κ3) is 3.87. The Labute approximate surface area is 202 Å². The number of hydrogen-bond acceptors (Lipinski definition) is 4. The van der Waals surface area contributed by atoms with Gasteiger partial charge in [0, 0.05) is 46.1 Å². The molecule has 178 valence electrons. The van der Waals surface area contributed by atoms with E-state index in [-0.39, 0.29) is 17.0 Å². The molecule has 1 unspecified atom stereocenters. The van der Waals surface area contributed by atoms with E-state index in [1.54, 1.807) is 13.2 Å². The topological polar surface area (TPSA) is 76.0 Å². The molecule has 3 aromatic heterocycles. The molecular formula is C26H28ClFN4O2. The first-order valence-corrected chi connectivity index (χ1v) is 12.0. The molecule has 3 heterocycles. The van der Waals surface area contributed by atoms with E-state index < -0.39 is 5.82 Å². The van der Waals surface area contributed by atoms with Crippen LogP contribution in [0.25, 0.3) is 22.2 Å². The molecule has 1 aromatic carbocycles. The van der Waals surface area contributed by atoms with Gasteiger partial charge in [-0.2, -0.15) is 5.10 Å². The van der Waals surface area contributed by atoms with Gasteiger partial charge in [0.15, 0.2) is 0 Å². The number of pyridine rings is 1. The molecule has 1 aliphatic rings. The van der Waals surface area contributed by atoms with Crippen molar-refractivity contribution < 1.29 is 14.2 Å². The van der Waals surface area contributed by atoms with Crippen molar-refractivity contribution in [3.05, 3.63) is 64.5 Å². The summed E-state index contributed by atoms with van der Waals surface area (Å²) in [6.07, 6.45) is 8.92. The molecular weight excluding hydrogens is 455 g/mol. The second-order valence-electron chi connectivity index (χ2n) is 9.11. The van der Waals surface area contributed by atoms with Gasteiger partial charge in [-0.3, -0.25) is 4.68 Å². The summed E-state index contributed by atoms with van der Waals surface area (Å²) in [5.74, 6) is -0.144. The zero-order chi connectivity index (χ0) is 24.0. The van der Waals surface area contributed by atoms with Gasteiger partial charge < -0.3 is 14.8 Å². The van der Waals surface area contributed by atoms with E-state index in [9.17, 15) is 9.50 Å². The second kappa shape index (κ2) is 9.04. The lowest BCUT2D eigenvalue weighted by Crippen LogP contribution is -2.22. The van der Waals surface area contributed by atoms with Gasteiger partial charge in [-0.15, -0.1) is 0 Å². The Morgan fingerprint density at radius 1 is 1.24 bits per heavy atom. The van der Waals surface area contributed by atoms with Crippen molar-refractivity contribution in [3.63, 3.8) is 0 Å². The molecule has 0 bridgehead atoms. The summed E-state index contributed by atoms with van der Waals surface area (Å²) in [6, 6.07) is 5.33. The SMILES string of the molecule is COc1ccc(F)c(Cl)c1C(C)c1c[nH]c2ncc(-c3cnn(C4CCC(O)CC4)c3C)cc12. The predicted octanol–water partition coefficient (Wildman–Crippen LogP) is 6.16. The summed E-state index contributed by atoms with van der Waals surface area (Å²) in [7, 11) is 1.56. The lowest BCUT2D eigenvalue weighted by atomic mass is 9.91. The standard InChI is InChI=1S/C26H28ClFN4O2/c1-14(24-23(34-3)9-8-22(28)25(24)27)20-12-30-26-19(20)10-16(11-29-26)21-13-31-32(15(21)2)17-4-6-18(33)7-5-17/h8-14,17-18,33H,4-7H2,1-3H3,(H,29,30). The molecule has 0 spiro atoms. The lowest BCUT2D eigenvalue weighted by molar-refractivity contribution is 0.107. The van der Waals surface area contributed by atoms with E-state index in [2.05, 4.69) is 32.7 Å². The summed E-state index contributed by atoms with van der Waals surface area (Å²) < 4.78 is 21.9. The van der Waals surface area contributed by atoms with E-state index >= 15 is 0 Å². The first-order chi connectivity index (χ1) is 16.4. The highest BCUT2D eigenvalue weighted by Crippen LogP contribution is 2.41. The fraction of sp³-hybridized carbons (Fsp3) is 0.385. The smallest absolute Gasteiger partial charge is 0.142 e. The molecule has 2 N–H and O–H groups in total. The van der Waals surface area contributed by atoms with Gasteiger partial charge >= 0.3 is 0 Å². The summed E-state index contributed by atoms with van der Waals surface area (Å²) in [5.41, 5.74) is 5.41. The van der Waals surface area contributed by atoms with Crippen LogP contribution < -0.4 is 4.74 Å². The number of hydrogen-bond donors (Lipinski definition) is 2. The number of rotatable bonds is 5. The fourth-order valence-electron chi connectivity index (χ4n) is 5.19. The zero-order valence-electron chi connectivity index (χ0n) is 19.5. The van der Waals surface area contributed by atoms with Crippen LogP contribution in [-0.2, 0) is 0 Å². The fourth-order valence-corrected chi connectivity index (χ4v) is 5.51. The molecule has 1 saturated carbocycles. The van der Waals surface area contributed by atoms with Crippen LogP contribution >= 0.6 is 11.6 Å². The van der Waals surface area contributed by atoms with Crippen molar-refractivity contribution >= 4 is 22.6 Å². The highest BCUT2D eigenvalue weighted by molar-refractivity contribution is 6.31. The average Bonchev–Trinajstić information content (AvgIpc) is 3.44. The molecule has 5 rings (SSSR count). The highest BCUT2D eigenvalue weighted by atomic mass is 35.5. The summed E-state index contributed by atoms with van der Waals surface area (Å²) >= 11 is 6.37. The first-order valence-electron chi connectivity index (χ1n) is 11.6. The molecule has 1 aliphatic carbocycles. The van der Waals surface area contributed by atoms with Crippen molar-refractivity contribution in [1.82, 2.24) is 19.7 Å². The summed E-state index contributed by atoms with van der Waals surface area (Å²) in [6.45, 7) is 4.06. The Bertz CT molecular complexity index is 1340. The minimum absolute atomic E-state index is 0.0695. The molecule has 1 fully saturated rings. The van der Waals surface area contributed by atoms with Crippen molar-refractivity contribution in [2.75, 3.05) is 7.11 Å². The molecule has 0 radical (unpaired) electrons. The number of halogens is 2. The third-order valence-corrected chi connectivity index (χ3v) is 7.53. The zero-order valence-corrected chi connectivity index (χ0v) is 20.2. The average molecular weight is 483 g/mol. The van der Waals surface area contributed by atoms with Crippen LogP contribution in [-0.4, -0.2) is 38.1 Å². The number of aliphatic hydroxyl groups excluding tert-OH is 1. The van der Waals surface area contributed by atoms with Crippen LogP contribution in [0.4, 0.5) is 4.39 Å². The minimum atomic E-state index is -0.471. The van der Waals surface area contributed by atoms with Crippen LogP contribution in [0.5, 0.6) is 5.75 Å². The second-order valence-corrected chi connectivity index (χ2v) is 9.49. The number of benzene rings is 1. The first kappa shape index (κ1) is 22.9. The van der Waals surface area contributed by atoms with Gasteiger partial charge in [0.2, 0.25) is 0 Å². The number of nitrogens with zero attached hydrogens (tertiary/aromatic N) is 3. The normalized spacial score (nSPS) is 19.5. The van der Waals surface area contributed by atoms with Gasteiger partial charge in [0.05, 0.1) is 30.5 Å². The molecule has 8 heteroatoms. The molecule has 4 aromatic rings. The number of aromatic amines is 1. The third-order valence-electron chi connectivity index (χ3n) is 7.14. The number of nitrogens with one attached hydrogen (secondary N) is 1. The highest BCUT2D eigenvalue weighted by Gasteiger charge is 2.25. The van der Waals surface area contributed by atoms with Gasteiger partial charge in [-0.25, -0.2) is 9.37 Å². The van der Waals surface area contributed by atoms with E-state index in [4.69, 9.17) is 16.3 Å². The van der Waals surface area contributed by atoms with Crippen LogP contribution in [0.15, 0.2) is 36.8 Å². The van der Waals surface area contributed by atoms with Crippen molar-refractivity contribution in [2.24, 2.45) is 0 Å². The van der Waals surface area contributed by atoms with Crippen molar-refractivity contribution in [3.8, 4) is 16.9 Å². The Balaban J connectivity index is 1.54. The molecule has 6 nitrogen and oxygen atoms in total. The van der Waals surface area contributed by atoms with Gasteiger partial charge in [0.1, 0.15) is 17.2 Å². The maximum absolute atomic E-state index is 14.3. The molecule has 1 atom stereocenters. The Kier molecular flexibility index (Phi) is 6.08. The van der Waals surface area contributed by atoms with Crippen LogP contribution in [0.2, 0.25) is 5.02 Å². The van der Waals surface area contributed by atoms with Gasteiger partial charge in [-0.1, -0.05) is 18.5 Å². The van der Waals surface area contributed by atoms with E-state index in [0.717, 1.165) is 59.1 Å². The molecule has 0 aliphatic heterocycles. The number of aliphatic hydroxyl groups is 1. The lowest BCUT2D eigenvalue weighted by Gasteiger charge is -2.26. The van der Waals surface area contributed by atoms with Crippen LogP contribution in [0.1, 0.15) is 61.4 Å². The van der Waals surface area contributed by atoms with Crippen molar-refractivity contribution in [2.45, 2.75) is 57.6 Å². The number of ether oxygens (including phenoxy) is 1. The van der Waals surface area contributed by atoms with Gasteiger partial charge in [-0.05, 0) is 56.4 Å². The Morgan fingerprint density at radius 2 is 2.00 bits per heavy atom. The predicted molar refractivity (Wildman–Crippen MR) is 131 cm³/mol. The summed E-state index contributed by atoms with van der Waals surface area (Å²) in [4.78, 5) is 7.88. The van der Waals surface area contributed by atoms with E-state index in [0.29, 0.717) is 17.4 Å². The number of aromatic nitrogens is 4. The van der Waals surface area contributed by atoms with Crippen molar-refractivity contribution in [1.29, 1.82) is 0 Å². The largest absolute Gasteiger partial charge is 0.496 e. The van der Waals surface area contributed by atoms with E-state index in [1.807, 2.05) is 25.5 Å². The minimum Gasteiger partial charge on any atom is -0.496 e. The van der Waals surface area contributed by atoms with Crippen LogP contribution in [0.3, 0.4) is 0 Å². The molecule has 34 heavy (non-hydrogen) atoms. The molecule has 0 saturated heterocycles.